The van der Waals surface area contributed by atoms with Crippen LogP contribution in [-0.2, 0) is 13.0 Å². The number of hydrogen-bond acceptors (Lipinski definition) is 3. The van der Waals surface area contributed by atoms with Crippen LogP contribution in [0.2, 0.25) is 0 Å². The molecule has 0 radical (unpaired) electrons. The second-order valence-electron chi connectivity index (χ2n) is 6.46. The van der Waals surface area contributed by atoms with Gasteiger partial charge < -0.3 is 10.2 Å². The number of nitrogens with one attached hydrogen (secondary N) is 1. The van der Waals surface area contributed by atoms with Gasteiger partial charge in [0.1, 0.15) is 0 Å². The molecule has 0 amide bonds. The molecule has 4 rings (SSSR count). The van der Waals surface area contributed by atoms with E-state index in [-0.39, 0.29) is 12.4 Å². The van der Waals surface area contributed by atoms with Crippen LogP contribution in [0.4, 0.5) is 20.2 Å². The van der Waals surface area contributed by atoms with Crippen LogP contribution in [0.25, 0.3) is 0 Å². The lowest BCUT2D eigenvalue weighted by Crippen LogP contribution is -2.46. The Morgan fingerprint density at radius 2 is 1.72 bits per heavy atom. The minimum atomic E-state index is -0.777. The number of hydrogen-bond donors (Lipinski definition) is 1. The van der Waals surface area contributed by atoms with E-state index in [0.717, 1.165) is 38.7 Å². The summed E-state index contributed by atoms with van der Waals surface area (Å²) in [7, 11) is 0. The number of nitrogens with zero attached hydrogens (tertiary/aromatic N) is 2. The van der Waals surface area contributed by atoms with Gasteiger partial charge >= 0.3 is 0 Å². The number of anilines is 2. The Kier molecular flexibility index (Phi) is 5.45. The molecular weight excluding hydrogens is 344 g/mol. The SMILES string of the molecule is Cl.Fc1cccc(N2CCN(Cc3cccc4c3NCC4)CC2)c1F. The fraction of sp³-hybridized carbons (Fsp3) is 0.368. The summed E-state index contributed by atoms with van der Waals surface area (Å²) in [5.41, 5.74) is 4.39. The first-order valence-electron chi connectivity index (χ1n) is 8.48. The van der Waals surface area contributed by atoms with Crippen LogP contribution in [0.1, 0.15) is 11.1 Å². The lowest BCUT2D eigenvalue weighted by molar-refractivity contribution is 0.249. The average Bonchev–Trinajstić information content (AvgIpc) is 3.08. The normalized spacial score (nSPS) is 17.0. The third-order valence-electron chi connectivity index (χ3n) is 4.97. The smallest absolute Gasteiger partial charge is 0.182 e. The molecule has 1 fully saturated rings. The van der Waals surface area contributed by atoms with Crippen LogP contribution >= 0.6 is 12.4 Å². The van der Waals surface area contributed by atoms with Gasteiger partial charge in [-0.15, -0.1) is 12.4 Å². The van der Waals surface area contributed by atoms with Gasteiger partial charge in [-0.25, -0.2) is 8.78 Å². The van der Waals surface area contributed by atoms with E-state index in [1.165, 1.54) is 16.8 Å². The van der Waals surface area contributed by atoms with Crippen molar-refractivity contribution in [3.8, 4) is 0 Å². The summed E-state index contributed by atoms with van der Waals surface area (Å²) in [5.74, 6) is -1.52. The van der Waals surface area contributed by atoms with Crippen molar-refractivity contribution in [3.05, 3.63) is 59.2 Å². The Bertz CT molecular complexity index is 745. The Morgan fingerprint density at radius 1 is 0.960 bits per heavy atom. The van der Waals surface area contributed by atoms with E-state index >= 15 is 0 Å². The molecule has 1 N–H and O–H groups in total. The number of halogens is 3. The summed E-state index contributed by atoms with van der Waals surface area (Å²) >= 11 is 0. The van der Waals surface area contributed by atoms with Gasteiger partial charge in [-0.3, -0.25) is 4.90 Å². The minimum absolute atomic E-state index is 0. The second-order valence-corrected chi connectivity index (χ2v) is 6.46. The highest BCUT2D eigenvalue weighted by Crippen LogP contribution is 2.28. The predicted octanol–water partition coefficient (Wildman–Crippen LogP) is 3.68. The molecule has 0 saturated carbocycles. The lowest BCUT2D eigenvalue weighted by atomic mass is 10.1. The van der Waals surface area contributed by atoms with Crippen LogP contribution < -0.4 is 10.2 Å². The molecule has 0 aromatic heterocycles. The third kappa shape index (κ3) is 3.58. The fourth-order valence-corrected chi connectivity index (χ4v) is 3.67. The van der Waals surface area contributed by atoms with Gasteiger partial charge in [0.15, 0.2) is 11.6 Å². The highest BCUT2D eigenvalue weighted by molar-refractivity contribution is 5.85. The van der Waals surface area contributed by atoms with E-state index in [1.807, 2.05) is 4.90 Å². The van der Waals surface area contributed by atoms with Crippen LogP contribution in [0.15, 0.2) is 36.4 Å². The summed E-state index contributed by atoms with van der Waals surface area (Å²) in [6, 6.07) is 10.9. The fourth-order valence-electron chi connectivity index (χ4n) is 3.67. The average molecular weight is 366 g/mol. The third-order valence-corrected chi connectivity index (χ3v) is 4.97. The zero-order chi connectivity index (χ0) is 16.5. The standard InChI is InChI=1S/C19H21F2N3.ClH/c20-16-5-2-6-17(18(16)21)24-11-9-23(10-12-24)13-15-4-1-3-14-7-8-22-19(14)15;/h1-6,22H,7-13H2;1H. The van der Waals surface area contributed by atoms with Gasteiger partial charge in [0.05, 0.1) is 5.69 Å². The van der Waals surface area contributed by atoms with E-state index in [2.05, 4.69) is 28.4 Å². The number of rotatable bonds is 3. The van der Waals surface area contributed by atoms with E-state index in [9.17, 15) is 8.78 Å². The Labute approximate surface area is 153 Å². The molecular formula is C19H22ClF2N3. The number of para-hydroxylation sites is 1. The van der Waals surface area contributed by atoms with Crippen molar-refractivity contribution in [2.24, 2.45) is 0 Å². The summed E-state index contributed by atoms with van der Waals surface area (Å²) < 4.78 is 27.3. The molecule has 0 unspecified atom stereocenters. The Hall–Kier alpha value is -1.85. The second kappa shape index (κ2) is 7.58. The van der Waals surface area contributed by atoms with Crippen LogP contribution in [0, 0.1) is 11.6 Å². The van der Waals surface area contributed by atoms with Crippen LogP contribution in [-0.4, -0.2) is 37.6 Å². The zero-order valence-electron chi connectivity index (χ0n) is 14.0. The van der Waals surface area contributed by atoms with Crippen LogP contribution in [0.5, 0.6) is 0 Å². The maximum atomic E-state index is 13.9. The molecule has 2 heterocycles. The Balaban J connectivity index is 0.00000182. The van der Waals surface area contributed by atoms with Gasteiger partial charge in [0.2, 0.25) is 0 Å². The van der Waals surface area contributed by atoms with E-state index < -0.39 is 11.6 Å². The summed E-state index contributed by atoms with van der Waals surface area (Å²) in [6.45, 7) is 5.03. The van der Waals surface area contributed by atoms with Crippen molar-refractivity contribution >= 4 is 23.8 Å². The first kappa shape index (κ1) is 18.0. The molecule has 2 aliphatic heterocycles. The first-order valence-corrected chi connectivity index (χ1v) is 8.48. The highest BCUT2D eigenvalue weighted by atomic mass is 35.5. The molecule has 6 heteroatoms. The molecule has 0 bridgehead atoms. The van der Waals surface area contributed by atoms with Crippen molar-refractivity contribution in [1.29, 1.82) is 0 Å². The van der Waals surface area contributed by atoms with Gasteiger partial charge in [0.25, 0.3) is 0 Å². The number of piperazine rings is 1. The van der Waals surface area contributed by atoms with E-state index in [1.54, 1.807) is 12.1 Å². The van der Waals surface area contributed by atoms with Gasteiger partial charge in [-0.2, -0.15) is 0 Å². The van der Waals surface area contributed by atoms with Crippen molar-refractivity contribution in [2.45, 2.75) is 13.0 Å². The zero-order valence-corrected chi connectivity index (χ0v) is 14.8. The molecule has 0 atom stereocenters. The minimum Gasteiger partial charge on any atom is -0.384 e. The van der Waals surface area contributed by atoms with Gasteiger partial charge in [-0.05, 0) is 29.7 Å². The quantitative estimate of drug-likeness (QED) is 0.895. The molecule has 2 aromatic carbocycles. The topological polar surface area (TPSA) is 18.5 Å². The van der Waals surface area contributed by atoms with Gasteiger partial charge in [0, 0.05) is 45.0 Å². The first-order chi connectivity index (χ1) is 11.7. The Morgan fingerprint density at radius 3 is 2.52 bits per heavy atom. The molecule has 2 aliphatic rings. The number of fused-ring (bicyclic) bond motifs is 1. The maximum absolute atomic E-state index is 13.9. The molecule has 1 saturated heterocycles. The summed E-state index contributed by atoms with van der Waals surface area (Å²) in [5, 5.41) is 3.48. The predicted molar refractivity (Wildman–Crippen MR) is 99.7 cm³/mol. The molecule has 0 aliphatic carbocycles. The van der Waals surface area contributed by atoms with Crippen molar-refractivity contribution in [1.82, 2.24) is 4.90 Å². The van der Waals surface area contributed by atoms with Gasteiger partial charge in [-0.1, -0.05) is 24.3 Å². The molecule has 134 valence electrons. The van der Waals surface area contributed by atoms with E-state index in [0.29, 0.717) is 18.8 Å². The molecule has 3 nitrogen and oxygen atoms in total. The largest absolute Gasteiger partial charge is 0.384 e. The molecule has 25 heavy (non-hydrogen) atoms. The maximum Gasteiger partial charge on any atom is 0.182 e. The monoisotopic (exact) mass is 365 g/mol. The summed E-state index contributed by atoms with van der Waals surface area (Å²) in [6.07, 6.45) is 1.09. The molecule has 0 spiro atoms. The highest BCUT2D eigenvalue weighted by Gasteiger charge is 2.22. The lowest BCUT2D eigenvalue weighted by Gasteiger charge is -2.36. The van der Waals surface area contributed by atoms with E-state index in [4.69, 9.17) is 0 Å². The van der Waals surface area contributed by atoms with Crippen molar-refractivity contribution < 1.29 is 8.78 Å². The molecule has 2 aromatic rings. The van der Waals surface area contributed by atoms with Crippen LogP contribution in [0.3, 0.4) is 0 Å². The summed E-state index contributed by atoms with van der Waals surface area (Å²) in [4.78, 5) is 4.31. The van der Waals surface area contributed by atoms with Crippen molar-refractivity contribution in [2.75, 3.05) is 42.9 Å². The number of benzene rings is 2. The van der Waals surface area contributed by atoms with Crippen molar-refractivity contribution in [3.63, 3.8) is 0 Å².